The summed E-state index contributed by atoms with van der Waals surface area (Å²) in [4.78, 5) is 36.5. The van der Waals surface area contributed by atoms with Crippen LogP contribution in [0.3, 0.4) is 0 Å². The van der Waals surface area contributed by atoms with Crippen molar-refractivity contribution in [1.82, 2.24) is 19.3 Å². The standard InChI is InChI=1S/C24H31N6O3/c1-18-17-30-20-21(25-23(30)28(18)12-11-27-13-15-33-16-14-27)26(2)24(32)29(22(20)31)10-6-9-19-7-4-3-5-8-19/h3-5,7-8,17,20H,6,9-16H2,1-2H3/q+1. The Balaban J connectivity index is 1.32. The summed E-state index contributed by atoms with van der Waals surface area (Å²) in [6.07, 6.45) is 3.54. The number of imidazole rings is 1. The zero-order chi connectivity index (χ0) is 22.9. The second kappa shape index (κ2) is 9.07. The van der Waals surface area contributed by atoms with Crippen molar-refractivity contribution in [3.8, 4) is 0 Å². The van der Waals surface area contributed by atoms with Crippen molar-refractivity contribution in [2.24, 2.45) is 4.99 Å². The minimum Gasteiger partial charge on any atom is -0.379 e. The summed E-state index contributed by atoms with van der Waals surface area (Å²) >= 11 is 0. The zero-order valence-corrected chi connectivity index (χ0v) is 19.3. The van der Waals surface area contributed by atoms with Crippen molar-refractivity contribution in [3.05, 3.63) is 47.8 Å². The normalized spacial score (nSPS) is 20.8. The quantitative estimate of drug-likeness (QED) is 0.599. The number of ether oxygens (including phenoxy) is 1. The highest BCUT2D eigenvalue weighted by molar-refractivity contribution is 6.19. The van der Waals surface area contributed by atoms with Gasteiger partial charge in [-0.3, -0.25) is 19.5 Å². The molecule has 0 saturated carbocycles. The first-order valence-corrected chi connectivity index (χ1v) is 11.7. The molecule has 1 atom stereocenters. The maximum Gasteiger partial charge on any atom is 0.401 e. The number of amides is 3. The molecule has 0 spiro atoms. The Labute approximate surface area is 193 Å². The number of fused-ring (bicyclic) bond motifs is 3. The van der Waals surface area contributed by atoms with E-state index in [-0.39, 0.29) is 11.9 Å². The molecule has 1 aromatic carbocycles. The number of aryl methyl sites for hydroxylation is 2. The van der Waals surface area contributed by atoms with Gasteiger partial charge in [-0.2, -0.15) is 0 Å². The Morgan fingerprint density at radius 2 is 1.85 bits per heavy atom. The van der Waals surface area contributed by atoms with Crippen LogP contribution in [0.5, 0.6) is 0 Å². The van der Waals surface area contributed by atoms with E-state index in [9.17, 15) is 9.59 Å². The van der Waals surface area contributed by atoms with Crippen molar-refractivity contribution >= 4 is 23.7 Å². The molecule has 1 unspecified atom stereocenters. The Bertz CT molecular complexity index is 1070. The van der Waals surface area contributed by atoms with E-state index in [4.69, 9.17) is 9.73 Å². The number of rotatable bonds is 7. The summed E-state index contributed by atoms with van der Waals surface area (Å²) in [5.74, 6) is 1.05. The van der Waals surface area contributed by atoms with Gasteiger partial charge >= 0.3 is 12.0 Å². The SMILES string of the molecule is Cc1c[n+]2c(n1CCN1CCOCC1)N=C1C2C(=O)N(CCCc2ccccc2)C(=O)N1C. The van der Waals surface area contributed by atoms with Gasteiger partial charge in [0, 0.05) is 33.2 Å². The largest absolute Gasteiger partial charge is 0.401 e. The summed E-state index contributed by atoms with van der Waals surface area (Å²) in [6.45, 7) is 7.51. The summed E-state index contributed by atoms with van der Waals surface area (Å²) in [5.41, 5.74) is 2.26. The van der Waals surface area contributed by atoms with Gasteiger partial charge in [-0.1, -0.05) is 35.3 Å². The smallest absolute Gasteiger partial charge is 0.379 e. The van der Waals surface area contributed by atoms with Crippen LogP contribution in [0.1, 0.15) is 23.7 Å². The number of carbonyl (C=O) groups is 2. The Kier molecular flexibility index (Phi) is 5.99. The summed E-state index contributed by atoms with van der Waals surface area (Å²) in [5, 5.41) is 0. The molecular formula is C24H31N6O3+. The molecule has 2 aromatic rings. The summed E-state index contributed by atoms with van der Waals surface area (Å²) in [7, 11) is 1.71. The van der Waals surface area contributed by atoms with E-state index in [1.165, 1.54) is 15.4 Å². The van der Waals surface area contributed by atoms with Crippen LogP contribution in [0.15, 0.2) is 41.5 Å². The molecule has 0 N–H and O–H groups in total. The summed E-state index contributed by atoms with van der Waals surface area (Å²) < 4.78 is 9.52. The Hall–Kier alpha value is -3.04. The van der Waals surface area contributed by atoms with Crippen molar-refractivity contribution in [2.45, 2.75) is 32.4 Å². The zero-order valence-electron chi connectivity index (χ0n) is 19.3. The topological polar surface area (TPSA) is 74.3 Å². The first-order chi connectivity index (χ1) is 16.0. The van der Waals surface area contributed by atoms with Gasteiger partial charge in [-0.15, -0.1) is 0 Å². The van der Waals surface area contributed by atoms with Crippen LogP contribution in [0.25, 0.3) is 0 Å². The molecular weight excluding hydrogens is 420 g/mol. The average molecular weight is 452 g/mol. The number of amidine groups is 1. The first-order valence-electron chi connectivity index (χ1n) is 11.7. The predicted octanol–water partition coefficient (Wildman–Crippen LogP) is 1.53. The van der Waals surface area contributed by atoms with Crippen LogP contribution >= 0.6 is 0 Å². The van der Waals surface area contributed by atoms with Crippen LogP contribution in [0.4, 0.5) is 10.7 Å². The van der Waals surface area contributed by atoms with Crippen LogP contribution in [-0.2, 0) is 22.5 Å². The number of imide groups is 1. The summed E-state index contributed by atoms with van der Waals surface area (Å²) in [6, 6.07) is 9.25. The Morgan fingerprint density at radius 3 is 2.61 bits per heavy atom. The molecule has 5 rings (SSSR count). The molecule has 174 valence electrons. The third-order valence-corrected chi connectivity index (χ3v) is 6.76. The van der Waals surface area contributed by atoms with E-state index in [2.05, 4.69) is 21.6 Å². The van der Waals surface area contributed by atoms with Crippen LogP contribution in [0, 0.1) is 6.92 Å². The average Bonchev–Trinajstić information content (AvgIpc) is 3.34. The molecule has 3 aliphatic rings. The highest BCUT2D eigenvalue weighted by Crippen LogP contribution is 2.29. The van der Waals surface area contributed by atoms with Gasteiger partial charge in [0.15, 0.2) is 0 Å². The lowest BCUT2D eigenvalue weighted by atomic mass is 10.1. The second-order valence-electron chi connectivity index (χ2n) is 8.88. The minimum atomic E-state index is -0.581. The molecule has 9 heteroatoms. The van der Waals surface area contributed by atoms with E-state index in [0.717, 1.165) is 63.9 Å². The van der Waals surface area contributed by atoms with Crippen molar-refractivity contribution in [3.63, 3.8) is 0 Å². The van der Waals surface area contributed by atoms with E-state index < -0.39 is 6.04 Å². The molecule has 4 heterocycles. The van der Waals surface area contributed by atoms with Crippen LogP contribution in [-0.4, -0.2) is 83.5 Å². The van der Waals surface area contributed by atoms with E-state index in [0.29, 0.717) is 12.4 Å². The third-order valence-electron chi connectivity index (χ3n) is 6.76. The lowest BCUT2D eigenvalue weighted by molar-refractivity contribution is -0.677. The van der Waals surface area contributed by atoms with E-state index in [1.807, 2.05) is 35.9 Å². The molecule has 3 aliphatic heterocycles. The van der Waals surface area contributed by atoms with Gasteiger partial charge in [-0.05, 0) is 25.3 Å². The number of urea groups is 1. The maximum atomic E-state index is 13.4. The number of nitrogens with zero attached hydrogens (tertiary/aromatic N) is 6. The highest BCUT2D eigenvalue weighted by atomic mass is 16.5. The lowest BCUT2D eigenvalue weighted by Crippen LogP contribution is -2.62. The fraction of sp³-hybridized carbons (Fsp3) is 0.500. The molecule has 2 saturated heterocycles. The number of hydrogen-bond acceptors (Lipinski definition) is 5. The highest BCUT2D eigenvalue weighted by Gasteiger charge is 2.52. The molecule has 9 nitrogen and oxygen atoms in total. The number of aromatic nitrogens is 2. The lowest BCUT2D eigenvalue weighted by Gasteiger charge is -2.33. The van der Waals surface area contributed by atoms with E-state index >= 15 is 0 Å². The number of carbonyl (C=O) groups excluding carboxylic acids is 2. The molecule has 33 heavy (non-hydrogen) atoms. The minimum absolute atomic E-state index is 0.195. The van der Waals surface area contributed by atoms with Crippen molar-refractivity contribution < 1.29 is 18.9 Å². The number of aliphatic imine (C=N–C) groups is 1. The molecule has 3 amide bonds. The number of morpholine rings is 1. The molecule has 0 radical (unpaired) electrons. The number of hydrogen-bond donors (Lipinski definition) is 0. The number of benzene rings is 1. The van der Waals surface area contributed by atoms with Gasteiger partial charge < -0.3 is 4.74 Å². The monoisotopic (exact) mass is 451 g/mol. The van der Waals surface area contributed by atoms with E-state index in [1.54, 1.807) is 7.05 Å². The fourth-order valence-corrected chi connectivity index (χ4v) is 4.87. The molecule has 2 fully saturated rings. The van der Waals surface area contributed by atoms with Gasteiger partial charge in [0.05, 0.1) is 19.8 Å². The van der Waals surface area contributed by atoms with Gasteiger partial charge in [0.25, 0.3) is 5.91 Å². The fourth-order valence-electron chi connectivity index (χ4n) is 4.87. The van der Waals surface area contributed by atoms with Gasteiger partial charge in [-0.25, -0.2) is 13.9 Å². The predicted molar refractivity (Wildman–Crippen MR) is 122 cm³/mol. The number of likely N-dealkylation sites (N-methyl/N-ethyl adjacent to an activating group) is 1. The van der Waals surface area contributed by atoms with Crippen molar-refractivity contribution in [2.75, 3.05) is 46.4 Å². The third kappa shape index (κ3) is 4.06. The second-order valence-corrected chi connectivity index (χ2v) is 8.88. The maximum absolute atomic E-state index is 13.4. The first kappa shape index (κ1) is 21.8. The van der Waals surface area contributed by atoms with Gasteiger partial charge in [0.2, 0.25) is 11.9 Å². The van der Waals surface area contributed by atoms with Crippen LogP contribution < -0.4 is 4.57 Å². The Morgan fingerprint density at radius 1 is 1.09 bits per heavy atom. The van der Waals surface area contributed by atoms with Crippen molar-refractivity contribution in [1.29, 1.82) is 0 Å². The van der Waals surface area contributed by atoms with Gasteiger partial charge in [0.1, 0.15) is 11.9 Å². The molecule has 0 aliphatic carbocycles. The molecule has 0 bridgehead atoms. The van der Waals surface area contributed by atoms with Crippen LogP contribution in [0.2, 0.25) is 0 Å². The molecule has 1 aromatic heterocycles.